The van der Waals surface area contributed by atoms with Crippen LogP contribution < -0.4 is 5.73 Å². The Morgan fingerprint density at radius 3 is 2.61 bits per heavy atom. The van der Waals surface area contributed by atoms with Gasteiger partial charge in [0, 0.05) is 23.9 Å². The molecule has 162 valence electrons. The van der Waals surface area contributed by atoms with Crippen molar-refractivity contribution in [3.8, 4) is 11.3 Å². The number of nitrogens with zero attached hydrogens (tertiary/aromatic N) is 6. The van der Waals surface area contributed by atoms with Gasteiger partial charge in [0.1, 0.15) is 12.0 Å². The van der Waals surface area contributed by atoms with E-state index in [1.54, 1.807) is 10.7 Å². The molecule has 0 aliphatic heterocycles. The molecule has 31 heavy (non-hydrogen) atoms. The largest absolute Gasteiger partial charge is 0.490 e. The molecule has 0 aromatic carbocycles. The molecule has 4 aromatic heterocycles. The third kappa shape index (κ3) is 4.13. The van der Waals surface area contributed by atoms with Crippen LogP contribution in [0.15, 0.2) is 37.1 Å². The highest BCUT2D eigenvalue weighted by molar-refractivity contribution is 5.73. The summed E-state index contributed by atoms with van der Waals surface area (Å²) in [6.07, 6.45) is 4.97. The van der Waals surface area contributed by atoms with E-state index in [9.17, 15) is 13.2 Å². The Balaban J connectivity index is 0.000000289. The van der Waals surface area contributed by atoms with Gasteiger partial charge in [-0.3, -0.25) is 0 Å². The van der Waals surface area contributed by atoms with Gasteiger partial charge in [-0.25, -0.2) is 24.3 Å². The van der Waals surface area contributed by atoms with Gasteiger partial charge in [0.15, 0.2) is 11.5 Å². The third-order valence-corrected chi connectivity index (χ3v) is 5.13. The number of aliphatic carboxylic acids is 1. The molecule has 3 N–H and O–H groups in total. The van der Waals surface area contributed by atoms with Gasteiger partial charge in [-0.2, -0.15) is 18.3 Å². The Kier molecular flexibility index (Phi) is 4.99. The summed E-state index contributed by atoms with van der Waals surface area (Å²) in [6.45, 7) is 2.27. The van der Waals surface area contributed by atoms with Crippen molar-refractivity contribution in [3.05, 3.63) is 42.7 Å². The van der Waals surface area contributed by atoms with Gasteiger partial charge in [0.2, 0.25) is 0 Å². The Morgan fingerprint density at radius 1 is 1.26 bits per heavy atom. The van der Waals surface area contributed by atoms with Crippen molar-refractivity contribution in [1.29, 1.82) is 0 Å². The maximum absolute atomic E-state index is 10.6. The molecule has 1 aliphatic carbocycles. The summed E-state index contributed by atoms with van der Waals surface area (Å²) in [7, 11) is 0. The lowest BCUT2D eigenvalue weighted by Gasteiger charge is -2.03. The molecule has 1 fully saturated rings. The number of carboxylic acid groups (broad SMARTS) is 1. The summed E-state index contributed by atoms with van der Waals surface area (Å²) >= 11 is 0. The number of imidazole rings is 2. The Hall–Kier alpha value is -3.70. The average molecular weight is 433 g/mol. The summed E-state index contributed by atoms with van der Waals surface area (Å²) in [6, 6.07) is 4.07. The number of pyridine rings is 1. The maximum atomic E-state index is 10.6. The molecule has 12 heteroatoms. The molecule has 5 rings (SSSR count). The zero-order chi connectivity index (χ0) is 22.3. The van der Waals surface area contributed by atoms with E-state index in [1.807, 2.05) is 12.1 Å². The van der Waals surface area contributed by atoms with E-state index in [-0.39, 0.29) is 0 Å². The Bertz CT molecular complexity index is 1260. The van der Waals surface area contributed by atoms with E-state index in [0.29, 0.717) is 17.4 Å². The predicted molar refractivity (Wildman–Crippen MR) is 104 cm³/mol. The summed E-state index contributed by atoms with van der Waals surface area (Å²) < 4.78 is 35.5. The van der Waals surface area contributed by atoms with Gasteiger partial charge in [-0.15, -0.1) is 0 Å². The smallest absolute Gasteiger partial charge is 0.475 e. The minimum Gasteiger partial charge on any atom is -0.475 e. The molecule has 0 saturated heterocycles. The number of hydrogen-bond donors (Lipinski definition) is 2. The number of rotatable bonds is 3. The van der Waals surface area contributed by atoms with Crippen LogP contribution in [0.1, 0.15) is 31.4 Å². The van der Waals surface area contributed by atoms with E-state index in [2.05, 4.69) is 38.8 Å². The first-order valence-corrected chi connectivity index (χ1v) is 9.38. The quantitative estimate of drug-likeness (QED) is 0.509. The number of carboxylic acids is 1. The van der Waals surface area contributed by atoms with Crippen molar-refractivity contribution >= 4 is 23.1 Å². The van der Waals surface area contributed by atoms with E-state index in [1.165, 1.54) is 24.9 Å². The average Bonchev–Trinajstić information content (AvgIpc) is 3.32. The van der Waals surface area contributed by atoms with Crippen LogP contribution in [0, 0.1) is 5.92 Å². The lowest BCUT2D eigenvalue weighted by atomic mass is 10.0. The zero-order valence-electron chi connectivity index (χ0n) is 16.3. The fourth-order valence-electron chi connectivity index (χ4n) is 3.25. The highest BCUT2D eigenvalue weighted by Gasteiger charge is 2.38. The number of fused-ring (bicyclic) bond motifs is 2. The molecule has 9 nitrogen and oxygen atoms in total. The molecule has 4 aromatic rings. The first-order valence-electron chi connectivity index (χ1n) is 9.38. The highest BCUT2D eigenvalue weighted by atomic mass is 19.4. The van der Waals surface area contributed by atoms with Crippen molar-refractivity contribution in [2.75, 3.05) is 5.73 Å². The second-order valence-electron chi connectivity index (χ2n) is 7.30. The number of nitrogens with two attached hydrogens (primary N) is 1. The van der Waals surface area contributed by atoms with Gasteiger partial charge in [-0.1, -0.05) is 6.92 Å². The van der Waals surface area contributed by atoms with Crippen LogP contribution in [0.5, 0.6) is 0 Å². The van der Waals surface area contributed by atoms with Crippen molar-refractivity contribution < 1.29 is 23.1 Å². The first-order chi connectivity index (χ1) is 14.6. The summed E-state index contributed by atoms with van der Waals surface area (Å²) in [5.41, 5.74) is 10.4. The topological polar surface area (TPSA) is 124 Å². The van der Waals surface area contributed by atoms with Crippen molar-refractivity contribution in [2.45, 2.75) is 31.9 Å². The van der Waals surface area contributed by atoms with Crippen LogP contribution in [0.25, 0.3) is 22.6 Å². The molecular formula is C19H18F3N7O2. The van der Waals surface area contributed by atoms with E-state index >= 15 is 0 Å². The highest BCUT2D eigenvalue weighted by Crippen LogP contribution is 2.41. The number of alkyl halides is 3. The minimum absolute atomic E-state index is 0.375. The van der Waals surface area contributed by atoms with Gasteiger partial charge < -0.3 is 15.2 Å². The predicted octanol–water partition coefficient (Wildman–Crippen LogP) is 3.17. The molecule has 0 bridgehead atoms. The van der Waals surface area contributed by atoms with Gasteiger partial charge in [0.05, 0.1) is 17.6 Å². The number of nitrogen functional groups attached to an aromatic ring is 1. The third-order valence-electron chi connectivity index (χ3n) is 5.13. The first kappa shape index (κ1) is 20.6. The van der Waals surface area contributed by atoms with Crippen LogP contribution >= 0.6 is 0 Å². The Morgan fingerprint density at radius 2 is 1.97 bits per heavy atom. The van der Waals surface area contributed by atoms with Crippen LogP contribution in [0.3, 0.4) is 0 Å². The van der Waals surface area contributed by atoms with Crippen LogP contribution in [-0.2, 0) is 4.79 Å². The summed E-state index contributed by atoms with van der Waals surface area (Å²) in [5.74, 6) is -1.06. The number of aromatic nitrogens is 6. The lowest BCUT2D eigenvalue weighted by molar-refractivity contribution is -0.192. The van der Waals surface area contributed by atoms with E-state index < -0.39 is 12.1 Å². The molecule has 1 aliphatic rings. The maximum Gasteiger partial charge on any atom is 0.490 e. The normalized spacial score (nSPS) is 15.0. The lowest BCUT2D eigenvalue weighted by Crippen LogP contribution is -2.21. The minimum atomic E-state index is -5.08. The van der Waals surface area contributed by atoms with Crippen molar-refractivity contribution in [3.63, 3.8) is 0 Å². The van der Waals surface area contributed by atoms with Crippen LogP contribution in [-0.4, -0.2) is 46.2 Å². The number of hydrogen-bond acceptors (Lipinski definition) is 6. The standard InChI is InChI=1S/C17H17N7.C2HF3O2/c1-10(11-2-3-11)13-8-23-7-12(4-5-15(23)22-13)14-6-19-17-16(18)20-9-21-24(14)17;3-2(4,5)1(6)7/h4-11H,2-3H2,1H3,(H2,18,20,21);(H,6,7). The van der Waals surface area contributed by atoms with Crippen LogP contribution in [0.4, 0.5) is 19.0 Å². The fraction of sp³-hybridized carbons (Fsp3) is 0.316. The summed E-state index contributed by atoms with van der Waals surface area (Å²) in [4.78, 5) is 22.0. The SMILES string of the molecule is CC(c1cn2cc(-c3cnc4c(N)ncnn34)ccc2n1)C1CC1.O=C(O)C(F)(F)F. The van der Waals surface area contributed by atoms with Crippen molar-refractivity contribution in [2.24, 2.45) is 5.92 Å². The molecule has 1 atom stereocenters. The molecular weight excluding hydrogens is 415 g/mol. The molecule has 1 saturated carbocycles. The van der Waals surface area contributed by atoms with Crippen LogP contribution in [0.2, 0.25) is 0 Å². The molecule has 4 heterocycles. The molecule has 0 amide bonds. The van der Waals surface area contributed by atoms with Crippen molar-refractivity contribution in [1.82, 2.24) is 29.0 Å². The van der Waals surface area contributed by atoms with Gasteiger partial charge in [0.25, 0.3) is 0 Å². The van der Waals surface area contributed by atoms with E-state index in [0.717, 1.165) is 22.8 Å². The van der Waals surface area contributed by atoms with Gasteiger partial charge in [-0.05, 0) is 30.9 Å². The summed E-state index contributed by atoms with van der Waals surface area (Å²) in [5, 5.41) is 11.4. The monoisotopic (exact) mass is 433 g/mol. The number of carbonyl (C=O) groups is 1. The fourth-order valence-corrected chi connectivity index (χ4v) is 3.25. The molecule has 1 unspecified atom stereocenters. The zero-order valence-corrected chi connectivity index (χ0v) is 16.3. The van der Waals surface area contributed by atoms with Gasteiger partial charge >= 0.3 is 12.1 Å². The molecule has 0 spiro atoms. The number of halogens is 3. The second kappa shape index (κ2) is 7.52. The molecule has 0 radical (unpaired) electrons. The number of anilines is 1. The Labute approximate surface area is 173 Å². The second-order valence-corrected chi connectivity index (χ2v) is 7.30. The van der Waals surface area contributed by atoms with E-state index in [4.69, 9.17) is 20.6 Å².